The number of H-pyrrole nitrogens is 1. The third-order valence-corrected chi connectivity index (χ3v) is 7.19. The van der Waals surface area contributed by atoms with E-state index < -0.39 is 9.87 Å². The van der Waals surface area contributed by atoms with Gasteiger partial charge in [0.25, 0.3) is 12.7 Å². The Labute approximate surface area is 159 Å². The summed E-state index contributed by atoms with van der Waals surface area (Å²) in [6, 6.07) is 0.288. The minimum absolute atomic E-state index is 0.0967. The fourth-order valence-corrected chi connectivity index (χ4v) is 5.38. The molecule has 2 aromatic heterocycles. The summed E-state index contributed by atoms with van der Waals surface area (Å²) in [6.07, 6.45) is 7.30. The molecule has 0 bridgehead atoms. The van der Waals surface area contributed by atoms with Gasteiger partial charge in [0.1, 0.15) is 11.2 Å². The molecule has 1 N–H and O–H groups in total. The molecule has 8 nitrogen and oxygen atoms in total. The highest BCUT2D eigenvalue weighted by Crippen LogP contribution is 2.31. The second kappa shape index (κ2) is 7.05. The van der Waals surface area contributed by atoms with Crippen molar-refractivity contribution in [2.24, 2.45) is 0 Å². The Balaban J connectivity index is 1.75. The van der Waals surface area contributed by atoms with Gasteiger partial charge in [0.15, 0.2) is 15.5 Å². The van der Waals surface area contributed by atoms with Gasteiger partial charge < -0.3 is 4.98 Å². The maximum absolute atomic E-state index is 12.8. The first-order valence-electron chi connectivity index (χ1n) is 9.79. The van der Waals surface area contributed by atoms with Gasteiger partial charge >= 0.3 is 0 Å². The number of nitrogens with zero attached hydrogens (tertiary/aromatic N) is 4. The van der Waals surface area contributed by atoms with Crippen molar-refractivity contribution in [1.29, 1.82) is 0 Å². The topological polar surface area (TPSA) is 101 Å². The van der Waals surface area contributed by atoms with Crippen molar-refractivity contribution in [3.8, 4) is 0 Å². The van der Waals surface area contributed by atoms with Crippen LogP contribution in [0.1, 0.15) is 68.4 Å². The van der Waals surface area contributed by atoms with Crippen LogP contribution in [0.4, 0.5) is 0 Å². The lowest BCUT2D eigenvalue weighted by atomic mass is 9.95. The van der Waals surface area contributed by atoms with E-state index in [-0.39, 0.29) is 17.5 Å². The number of rotatable bonds is 3. The van der Waals surface area contributed by atoms with Crippen LogP contribution < -0.4 is 5.56 Å². The van der Waals surface area contributed by atoms with Crippen LogP contribution in [0.15, 0.2) is 4.79 Å². The number of fused-ring (bicyclic) bond motifs is 1. The van der Waals surface area contributed by atoms with Crippen LogP contribution in [0.5, 0.6) is 0 Å². The van der Waals surface area contributed by atoms with Gasteiger partial charge in [0, 0.05) is 19.0 Å². The molecule has 2 aliphatic rings. The van der Waals surface area contributed by atoms with Crippen LogP contribution >= 0.6 is 0 Å². The van der Waals surface area contributed by atoms with Crippen LogP contribution in [0.3, 0.4) is 0 Å². The molecule has 0 spiro atoms. The number of piperidine rings is 1. The average Bonchev–Trinajstić information content (AvgIpc) is 2.99. The fourth-order valence-electron chi connectivity index (χ4n) is 4.47. The summed E-state index contributed by atoms with van der Waals surface area (Å²) < 4.78 is 27.3. The molecular weight excluding hydrogens is 365 g/mol. The predicted octanol–water partition coefficient (Wildman–Crippen LogP) is 0.991. The Bertz CT molecular complexity index is 1010. The highest BCUT2D eigenvalue weighted by molar-refractivity contribution is 8.10. The molecule has 2 aromatic rings. The Morgan fingerprint density at radius 1 is 1.15 bits per heavy atom. The standard InChI is InChI=1S/C17H26BN5O3S/c1-11-14-16(23(21-11)13-7-3-2-4-8-13)19-15(20-17(14)24)12-6-5-9-22(10-12)27(18,25)26/h12-13H,2-10,18H2,1H3,(H,19,20,24). The molecule has 2 fully saturated rings. The van der Waals surface area contributed by atoms with E-state index >= 15 is 0 Å². The van der Waals surface area contributed by atoms with Crippen LogP contribution in [-0.2, 0) is 9.87 Å². The first-order valence-corrected chi connectivity index (χ1v) is 11.6. The Morgan fingerprint density at radius 3 is 2.59 bits per heavy atom. The smallest absolute Gasteiger partial charge is 0.276 e. The van der Waals surface area contributed by atoms with Crippen molar-refractivity contribution in [2.45, 2.75) is 63.8 Å². The van der Waals surface area contributed by atoms with Crippen LogP contribution in [-0.4, -0.2) is 52.7 Å². The van der Waals surface area contributed by atoms with E-state index in [0.717, 1.165) is 25.7 Å². The largest absolute Gasteiger partial charge is 0.310 e. The quantitative estimate of drug-likeness (QED) is 0.787. The van der Waals surface area contributed by atoms with E-state index in [4.69, 9.17) is 4.98 Å². The van der Waals surface area contributed by atoms with Crippen molar-refractivity contribution in [1.82, 2.24) is 24.1 Å². The van der Waals surface area contributed by atoms with Gasteiger partial charge in [-0.15, -0.1) is 0 Å². The summed E-state index contributed by atoms with van der Waals surface area (Å²) >= 11 is 0. The van der Waals surface area contributed by atoms with Crippen molar-refractivity contribution >= 4 is 28.0 Å². The van der Waals surface area contributed by atoms with E-state index in [1.807, 2.05) is 11.6 Å². The van der Waals surface area contributed by atoms with E-state index in [2.05, 4.69) is 10.1 Å². The van der Waals surface area contributed by atoms with Crippen molar-refractivity contribution in [2.75, 3.05) is 13.1 Å². The number of aromatic amines is 1. The summed E-state index contributed by atoms with van der Waals surface area (Å²) in [5, 5.41) is 5.20. The van der Waals surface area contributed by atoms with E-state index in [1.54, 1.807) is 0 Å². The van der Waals surface area contributed by atoms with Gasteiger partial charge in [-0.05, 0) is 32.6 Å². The van der Waals surface area contributed by atoms with Gasteiger partial charge in [-0.25, -0.2) is 22.4 Å². The van der Waals surface area contributed by atoms with Crippen LogP contribution in [0, 0.1) is 6.92 Å². The summed E-state index contributed by atoms with van der Waals surface area (Å²) in [6.45, 7) is 2.75. The van der Waals surface area contributed by atoms with Gasteiger partial charge in [-0.1, -0.05) is 19.3 Å². The molecule has 146 valence electrons. The van der Waals surface area contributed by atoms with E-state index in [1.165, 1.54) is 30.7 Å². The van der Waals surface area contributed by atoms with Crippen LogP contribution in [0.2, 0.25) is 0 Å². The molecule has 0 amide bonds. The Morgan fingerprint density at radius 2 is 1.89 bits per heavy atom. The maximum atomic E-state index is 12.8. The molecule has 1 atom stereocenters. The van der Waals surface area contributed by atoms with E-state index in [9.17, 15) is 13.2 Å². The second-order valence-corrected chi connectivity index (χ2v) is 9.91. The minimum atomic E-state index is -3.24. The summed E-state index contributed by atoms with van der Waals surface area (Å²) in [5.41, 5.74) is 1.18. The lowest BCUT2D eigenvalue weighted by Gasteiger charge is -2.30. The molecule has 1 aliphatic carbocycles. The normalized spacial score (nSPS) is 23.1. The first kappa shape index (κ1) is 18.7. The van der Waals surface area contributed by atoms with E-state index in [0.29, 0.717) is 35.6 Å². The Hall–Kier alpha value is -1.68. The highest BCUT2D eigenvalue weighted by atomic mass is 32.2. The number of aryl methyl sites for hydroxylation is 1. The fraction of sp³-hybridized carbons (Fsp3) is 0.706. The van der Waals surface area contributed by atoms with Crippen molar-refractivity contribution in [3.05, 3.63) is 21.9 Å². The first-order chi connectivity index (χ1) is 12.8. The summed E-state index contributed by atoms with van der Waals surface area (Å²) in [7, 11) is -2.01. The molecule has 1 saturated heterocycles. The van der Waals surface area contributed by atoms with Gasteiger partial charge in [0.05, 0.1) is 11.7 Å². The lowest BCUT2D eigenvalue weighted by molar-refractivity contribution is 0.313. The molecule has 1 aliphatic heterocycles. The molecule has 1 unspecified atom stereocenters. The summed E-state index contributed by atoms with van der Waals surface area (Å²) in [5.74, 6) is 0.485. The van der Waals surface area contributed by atoms with Gasteiger partial charge in [-0.3, -0.25) is 4.79 Å². The third-order valence-electron chi connectivity index (χ3n) is 5.92. The van der Waals surface area contributed by atoms with Crippen molar-refractivity contribution in [3.63, 3.8) is 0 Å². The number of hydrogen-bond donors (Lipinski definition) is 1. The average molecular weight is 391 g/mol. The lowest BCUT2D eigenvalue weighted by Crippen LogP contribution is -2.39. The van der Waals surface area contributed by atoms with Crippen molar-refractivity contribution < 1.29 is 8.42 Å². The molecule has 4 rings (SSSR count). The van der Waals surface area contributed by atoms with Gasteiger partial charge in [-0.2, -0.15) is 5.10 Å². The molecule has 27 heavy (non-hydrogen) atoms. The number of nitrogens with one attached hydrogen (secondary N) is 1. The molecule has 0 radical (unpaired) electrons. The zero-order chi connectivity index (χ0) is 19.2. The minimum Gasteiger partial charge on any atom is -0.310 e. The third kappa shape index (κ3) is 3.56. The number of aromatic nitrogens is 4. The van der Waals surface area contributed by atoms with Gasteiger partial charge in [0.2, 0.25) is 0 Å². The zero-order valence-electron chi connectivity index (χ0n) is 15.9. The second-order valence-electron chi connectivity index (χ2n) is 7.93. The molecular formula is C17H26BN5O3S. The Kier molecular flexibility index (Phi) is 4.88. The monoisotopic (exact) mass is 391 g/mol. The molecule has 3 heterocycles. The molecule has 10 heteroatoms. The summed E-state index contributed by atoms with van der Waals surface area (Å²) in [4.78, 5) is 20.5. The maximum Gasteiger partial charge on any atom is 0.276 e. The molecule has 1 saturated carbocycles. The molecule has 0 aromatic carbocycles. The SMILES string of the molecule is BS(=O)(=O)N1CCCC(c2nc3c(c(C)nn3C3CCCCC3)c(=O)[nH]2)C1. The number of hydrogen-bond acceptors (Lipinski definition) is 5. The highest BCUT2D eigenvalue weighted by Gasteiger charge is 2.29. The van der Waals surface area contributed by atoms with Crippen LogP contribution in [0.25, 0.3) is 11.0 Å². The predicted molar refractivity (Wildman–Crippen MR) is 106 cm³/mol. The zero-order valence-corrected chi connectivity index (χ0v) is 16.8.